The summed E-state index contributed by atoms with van der Waals surface area (Å²) in [6.45, 7) is 1.56. The Balaban J connectivity index is 2.04. The van der Waals surface area contributed by atoms with E-state index in [9.17, 15) is 9.90 Å². The number of nitrogens with zero attached hydrogens (tertiary/aromatic N) is 1. The maximum atomic E-state index is 12.2. The third kappa shape index (κ3) is 3.48. The Kier molecular flexibility index (Phi) is 4.07. The third-order valence-electron chi connectivity index (χ3n) is 3.12. The fourth-order valence-corrected chi connectivity index (χ4v) is 1.93. The largest absolute Gasteiger partial charge is 0.382 e. The fraction of sp³-hybridized carbons (Fsp3) is 0.250. The SMILES string of the molecule is CC(O)(CCc1ccccn1)C(=O)c1ccccc1. The Labute approximate surface area is 112 Å². The van der Waals surface area contributed by atoms with Gasteiger partial charge in [-0.2, -0.15) is 0 Å². The van der Waals surface area contributed by atoms with Crippen molar-refractivity contribution in [3.8, 4) is 0 Å². The molecule has 1 aromatic carbocycles. The number of rotatable bonds is 5. The minimum absolute atomic E-state index is 0.246. The molecule has 0 fully saturated rings. The molecule has 0 aliphatic heterocycles. The molecule has 1 N–H and O–H groups in total. The lowest BCUT2D eigenvalue weighted by molar-refractivity contribution is 0.0368. The number of Topliss-reactive ketones (excluding diaryl/α,β-unsaturated/α-hetero) is 1. The van der Waals surface area contributed by atoms with Crippen molar-refractivity contribution in [2.24, 2.45) is 0 Å². The van der Waals surface area contributed by atoms with Gasteiger partial charge in [0.25, 0.3) is 0 Å². The van der Waals surface area contributed by atoms with Gasteiger partial charge in [-0.05, 0) is 31.9 Å². The second-order valence-electron chi connectivity index (χ2n) is 4.79. The molecule has 0 aliphatic rings. The maximum absolute atomic E-state index is 12.2. The number of ketones is 1. The average molecular weight is 255 g/mol. The number of carbonyl (C=O) groups excluding carboxylic acids is 1. The molecule has 0 bridgehead atoms. The van der Waals surface area contributed by atoms with Crippen LogP contribution in [0.2, 0.25) is 0 Å². The first-order valence-electron chi connectivity index (χ1n) is 6.32. The van der Waals surface area contributed by atoms with Crippen LogP contribution in [0, 0.1) is 0 Å². The van der Waals surface area contributed by atoms with E-state index in [0.717, 1.165) is 5.69 Å². The Hall–Kier alpha value is -2.00. The molecule has 98 valence electrons. The molecule has 0 aliphatic carbocycles. The van der Waals surface area contributed by atoms with E-state index >= 15 is 0 Å². The van der Waals surface area contributed by atoms with E-state index < -0.39 is 5.60 Å². The number of aryl methyl sites for hydroxylation is 1. The van der Waals surface area contributed by atoms with E-state index in [0.29, 0.717) is 18.4 Å². The van der Waals surface area contributed by atoms with Gasteiger partial charge in [-0.1, -0.05) is 36.4 Å². The lowest BCUT2D eigenvalue weighted by Crippen LogP contribution is -2.35. The van der Waals surface area contributed by atoms with E-state index in [4.69, 9.17) is 0 Å². The van der Waals surface area contributed by atoms with E-state index in [1.54, 1.807) is 37.4 Å². The van der Waals surface area contributed by atoms with Crippen LogP contribution in [0.15, 0.2) is 54.7 Å². The second-order valence-corrected chi connectivity index (χ2v) is 4.79. The third-order valence-corrected chi connectivity index (χ3v) is 3.12. The topological polar surface area (TPSA) is 50.2 Å². The maximum Gasteiger partial charge on any atom is 0.194 e. The van der Waals surface area contributed by atoms with Crippen molar-refractivity contribution in [3.63, 3.8) is 0 Å². The van der Waals surface area contributed by atoms with Gasteiger partial charge < -0.3 is 5.11 Å². The van der Waals surface area contributed by atoms with Crippen molar-refractivity contribution >= 4 is 5.78 Å². The minimum atomic E-state index is -1.36. The first kappa shape index (κ1) is 13.4. The van der Waals surface area contributed by atoms with Gasteiger partial charge in [0.2, 0.25) is 0 Å². The molecule has 0 saturated carbocycles. The highest BCUT2D eigenvalue weighted by atomic mass is 16.3. The summed E-state index contributed by atoms with van der Waals surface area (Å²) in [5, 5.41) is 10.3. The van der Waals surface area contributed by atoms with Crippen molar-refractivity contribution in [2.45, 2.75) is 25.4 Å². The molecule has 0 radical (unpaired) electrons. The molecule has 0 amide bonds. The first-order chi connectivity index (χ1) is 9.09. The molecular formula is C16H17NO2. The van der Waals surface area contributed by atoms with E-state index in [-0.39, 0.29) is 5.78 Å². The predicted molar refractivity (Wildman–Crippen MR) is 74.0 cm³/mol. The molecule has 3 heteroatoms. The van der Waals surface area contributed by atoms with Gasteiger partial charge in [-0.15, -0.1) is 0 Å². The van der Waals surface area contributed by atoms with Gasteiger partial charge in [0.05, 0.1) is 0 Å². The zero-order valence-corrected chi connectivity index (χ0v) is 10.9. The quantitative estimate of drug-likeness (QED) is 0.836. The number of benzene rings is 1. The number of hydrogen-bond donors (Lipinski definition) is 1. The summed E-state index contributed by atoms with van der Waals surface area (Å²) in [7, 11) is 0. The highest BCUT2D eigenvalue weighted by molar-refractivity contribution is 6.01. The fourth-order valence-electron chi connectivity index (χ4n) is 1.93. The molecule has 1 heterocycles. The van der Waals surface area contributed by atoms with E-state index in [1.807, 2.05) is 24.3 Å². The monoisotopic (exact) mass is 255 g/mol. The molecule has 1 atom stereocenters. The van der Waals surface area contributed by atoms with E-state index in [1.165, 1.54) is 0 Å². The number of pyridine rings is 1. The average Bonchev–Trinajstić information content (AvgIpc) is 2.46. The molecule has 3 nitrogen and oxygen atoms in total. The number of aromatic nitrogens is 1. The Morgan fingerprint density at radius 2 is 1.84 bits per heavy atom. The van der Waals surface area contributed by atoms with Crippen molar-refractivity contribution in [1.82, 2.24) is 4.98 Å². The predicted octanol–water partition coefficient (Wildman–Crippen LogP) is 2.65. The van der Waals surface area contributed by atoms with Crippen molar-refractivity contribution in [3.05, 3.63) is 66.0 Å². The number of carbonyl (C=O) groups is 1. The van der Waals surface area contributed by atoms with Crippen LogP contribution in [0.5, 0.6) is 0 Å². The minimum Gasteiger partial charge on any atom is -0.382 e. The van der Waals surface area contributed by atoms with Gasteiger partial charge in [0.15, 0.2) is 5.78 Å². The van der Waals surface area contributed by atoms with Crippen LogP contribution in [0.1, 0.15) is 29.4 Å². The molecule has 2 aromatic rings. The molecule has 19 heavy (non-hydrogen) atoms. The zero-order chi connectivity index (χ0) is 13.7. The van der Waals surface area contributed by atoms with Crippen molar-refractivity contribution < 1.29 is 9.90 Å². The van der Waals surface area contributed by atoms with Crippen molar-refractivity contribution in [2.75, 3.05) is 0 Å². The molecule has 1 aromatic heterocycles. The summed E-state index contributed by atoms with van der Waals surface area (Å²) in [5.74, 6) is -0.246. The van der Waals surface area contributed by atoms with Crippen LogP contribution in [-0.2, 0) is 6.42 Å². The second kappa shape index (κ2) is 5.76. The molecule has 0 saturated heterocycles. The van der Waals surface area contributed by atoms with Gasteiger partial charge in [-0.25, -0.2) is 0 Å². The lowest BCUT2D eigenvalue weighted by atomic mass is 9.90. The Morgan fingerprint density at radius 3 is 2.47 bits per heavy atom. The summed E-state index contributed by atoms with van der Waals surface area (Å²) in [5.41, 5.74) is 0.0518. The van der Waals surface area contributed by atoms with Crippen LogP contribution in [0.25, 0.3) is 0 Å². The van der Waals surface area contributed by atoms with Crippen LogP contribution in [0.4, 0.5) is 0 Å². The summed E-state index contributed by atoms with van der Waals surface area (Å²) in [4.78, 5) is 16.4. The highest BCUT2D eigenvalue weighted by Gasteiger charge is 2.30. The lowest BCUT2D eigenvalue weighted by Gasteiger charge is -2.21. The van der Waals surface area contributed by atoms with Crippen LogP contribution in [0.3, 0.4) is 0 Å². The summed E-state index contributed by atoms with van der Waals surface area (Å²) < 4.78 is 0. The molecular weight excluding hydrogens is 238 g/mol. The smallest absolute Gasteiger partial charge is 0.194 e. The van der Waals surface area contributed by atoms with Crippen LogP contribution < -0.4 is 0 Å². The molecule has 1 unspecified atom stereocenters. The van der Waals surface area contributed by atoms with E-state index in [2.05, 4.69) is 4.98 Å². The normalized spacial score (nSPS) is 13.8. The summed E-state index contributed by atoms with van der Waals surface area (Å²) >= 11 is 0. The molecule has 0 spiro atoms. The van der Waals surface area contributed by atoms with Gasteiger partial charge >= 0.3 is 0 Å². The Morgan fingerprint density at radius 1 is 1.16 bits per heavy atom. The Bertz CT molecular complexity index is 535. The number of hydrogen-bond acceptors (Lipinski definition) is 3. The molecule has 2 rings (SSSR count). The summed E-state index contributed by atoms with van der Waals surface area (Å²) in [6.07, 6.45) is 2.65. The zero-order valence-electron chi connectivity index (χ0n) is 10.9. The van der Waals surface area contributed by atoms with Crippen LogP contribution in [-0.4, -0.2) is 21.5 Å². The van der Waals surface area contributed by atoms with Gasteiger partial charge in [-0.3, -0.25) is 9.78 Å². The first-order valence-corrected chi connectivity index (χ1v) is 6.32. The van der Waals surface area contributed by atoms with Crippen LogP contribution >= 0.6 is 0 Å². The summed E-state index contributed by atoms with van der Waals surface area (Å²) in [6, 6.07) is 14.5. The standard InChI is InChI=1S/C16H17NO2/c1-16(19,11-10-14-9-5-6-12-17-14)15(18)13-7-3-2-4-8-13/h2-9,12,19H,10-11H2,1H3. The highest BCUT2D eigenvalue weighted by Crippen LogP contribution is 2.19. The number of aliphatic hydroxyl groups is 1. The van der Waals surface area contributed by atoms with Gasteiger partial charge in [0.1, 0.15) is 5.60 Å². The van der Waals surface area contributed by atoms with Crippen molar-refractivity contribution in [1.29, 1.82) is 0 Å². The van der Waals surface area contributed by atoms with Gasteiger partial charge in [0, 0.05) is 17.5 Å².